The van der Waals surface area contributed by atoms with Crippen molar-refractivity contribution in [3.63, 3.8) is 0 Å². The van der Waals surface area contributed by atoms with Gasteiger partial charge >= 0.3 is 0 Å². The summed E-state index contributed by atoms with van der Waals surface area (Å²) in [6.45, 7) is 5.05. The fraction of sp³-hybridized carbons (Fsp3) is 0.704. The highest BCUT2D eigenvalue weighted by molar-refractivity contribution is 5.77. The van der Waals surface area contributed by atoms with Crippen molar-refractivity contribution in [2.24, 2.45) is 34.5 Å². The molecule has 1 N–H and O–H groups in total. The Morgan fingerprint density at radius 3 is 2.75 bits per heavy atom. The van der Waals surface area contributed by atoms with Gasteiger partial charge in [0, 0.05) is 25.9 Å². The molecule has 1 aliphatic heterocycles. The third kappa shape index (κ3) is 2.85. The quantitative estimate of drug-likeness (QED) is 0.653. The van der Waals surface area contributed by atoms with Crippen molar-refractivity contribution in [3.05, 3.63) is 29.8 Å². The van der Waals surface area contributed by atoms with Crippen LogP contribution in [0.4, 0.5) is 4.39 Å². The first-order valence-electron chi connectivity index (χ1n) is 12.7. The Hall–Kier alpha value is -1.91. The zero-order chi connectivity index (χ0) is 22.3. The van der Waals surface area contributed by atoms with Crippen LogP contribution in [0, 0.1) is 40.3 Å². The Morgan fingerprint density at radius 2 is 1.91 bits per heavy atom. The van der Waals surface area contributed by atoms with Crippen LogP contribution in [0.25, 0.3) is 11.0 Å². The monoisotopic (exact) mass is 437 g/mol. The van der Waals surface area contributed by atoms with Crippen molar-refractivity contribution in [1.82, 2.24) is 14.9 Å². The summed E-state index contributed by atoms with van der Waals surface area (Å²) in [4.78, 5) is 22.7. The van der Waals surface area contributed by atoms with Crippen molar-refractivity contribution < 1.29 is 9.18 Å². The van der Waals surface area contributed by atoms with Crippen molar-refractivity contribution in [2.45, 2.75) is 77.7 Å². The van der Waals surface area contributed by atoms with Gasteiger partial charge in [0.15, 0.2) is 0 Å². The van der Waals surface area contributed by atoms with E-state index in [0.717, 1.165) is 53.9 Å². The molecule has 1 aromatic carbocycles. The fourth-order valence-corrected chi connectivity index (χ4v) is 8.96. The van der Waals surface area contributed by atoms with Gasteiger partial charge in [-0.15, -0.1) is 0 Å². The second-order valence-electron chi connectivity index (χ2n) is 11.8. The van der Waals surface area contributed by atoms with Crippen LogP contribution >= 0.6 is 0 Å². The molecule has 6 unspecified atom stereocenters. The number of halogens is 1. The molecule has 32 heavy (non-hydrogen) atoms. The van der Waals surface area contributed by atoms with Crippen LogP contribution in [-0.2, 0) is 11.2 Å². The van der Waals surface area contributed by atoms with E-state index in [2.05, 4.69) is 23.7 Å². The number of piperidine rings is 1. The maximum atomic E-state index is 13.6. The molecular weight excluding hydrogens is 401 g/mol. The van der Waals surface area contributed by atoms with Crippen LogP contribution in [0.5, 0.6) is 0 Å². The maximum Gasteiger partial charge on any atom is 0.222 e. The van der Waals surface area contributed by atoms with Crippen LogP contribution in [0.2, 0.25) is 0 Å². The molecule has 0 spiro atoms. The molecule has 4 nitrogen and oxygen atoms in total. The van der Waals surface area contributed by atoms with Crippen molar-refractivity contribution in [1.29, 1.82) is 0 Å². The number of hydrogen-bond acceptors (Lipinski definition) is 2. The number of nitrogens with one attached hydrogen (secondary N) is 1. The number of hydrogen-bond donors (Lipinski definition) is 1. The van der Waals surface area contributed by atoms with Gasteiger partial charge in [-0.3, -0.25) is 4.79 Å². The minimum Gasteiger partial charge on any atom is -0.342 e. The van der Waals surface area contributed by atoms with E-state index in [1.54, 1.807) is 12.1 Å². The van der Waals surface area contributed by atoms with Crippen LogP contribution in [0.1, 0.15) is 71.0 Å². The number of likely N-dealkylation sites (tertiary alicyclic amines) is 1. The van der Waals surface area contributed by atoms with E-state index >= 15 is 0 Å². The van der Waals surface area contributed by atoms with E-state index in [1.807, 2.05) is 7.05 Å². The molecule has 0 bridgehead atoms. The summed E-state index contributed by atoms with van der Waals surface area (Å²) >= 11 is 0. The molecule has 1 saturated heterocycles. The van der Waals surface area contributed by atoms with Gasteiger partial charge in [-0.25, -0.2) is 9.37 Å². The molecule has 0 radical (unpaired) electrons. The summed E-state index contributed by atoms with van der Waals surface area (Å²) in [5.74, 6) is 4.13. The molecule has 3 aliphatic carbocycles. The van der Waals surface area contributed by atoms with Gasteiger partial charge in [-0.1, -0.05) is 13.8 Å². The van der Waals surface area contributed by atoms with E-state index < -0.39 is 0 Å². The lowest BCUT2D eigenvalue weighted by molar-refractivity contribution is -0.158. The molecule has 2 aromatic rings. The first-order chi connectivity index (χ1) is 15.3. The smallest absolute Gasteiger partial charge is 0.222 e. The van der Waals surface area contributed by atoms with Gasteiger partial charge in [-0.05, 0) is 97.6 Å². The van der Waals surface area contributed by atoms with Gasteiger partial charge in [0.25, 0.3) is 0 Å². The van der Waals surface area contributed by atoms with Gasteiger partial charge in [0.1, 0.15) is 11.6 Å². The Labute approximate surface area is 190 Å². The summed E-state index contributed by atoms with van der Waals surface area (Å²) in [6.07, 6.45) is 10.4. The Balaban J connectivity index is 1.24. The van der Waals surface area contributed by atoms with E-state index in [4.69, 9.17) is 4.98 Å². The number of aromatic amines is 1. The summed E-state index contributed by atoms with van der Waals surface area (Å²) in [6, 6.07) is 5.26. The van der Waals surface area contributed by atoms with Gasteiger partial charge < -0.3 is 9.88 Å². The molecule has 4 aliphatic rings. The minimum absolute atomic E-state index is 0.210. The second-order valence-corrected chi connectivity index (χ2v) is 11.8. The molecule has 4 fully saturated rings. The first kappa shape index (κ1) is 20.7. The zero-order valence-corrected chi connectivity index (χ0v) is 19.7. The third-order valence-electron chi connectivity index (χ3n) is 10.7. The van der Waals surface area contributed by atoms with E-state index in [9.17, 15) is 9.18 Å². The number of H-pyrrole nitrogens is 1. The van der Waals surface area contributed by atoms with Crippen LogP contribution < -0.4 is 0 Å². The Morgan fingerprint density at radius 1 is 1.09 bits per heavy atom. The Kier molecular flexibility index (Phi) is 4.55. The second kappa shape index (κ2) is 7.04. The molecule has 2 heterocycles. The highest BCUT2D eigenvalue weighted by Gasteiger charge is 2.61. The van der Waals surface area contributed by atoms with E-state index in [1.165, 1.54) is 44.6 Å². The van der Waals surface area contributed by atoms with Crippen molar-refractivity contribution >= 4 is 16.9 Å². The molecule has 7 atom stereocenters. The van der Waals surface area contributed by atoms with E-state index in [0.29, 0.717) is 23.3 Å². The summed E-state index contributed by atoms with van der Waals surface area (Å²) in [5, 5.41) is 0. The highest BCUT2D eigenvalue weighted by atomic mass is 19.1. The van der Waals surface area contributed by atoms with Gasteiger partial charge in [-0.2, -0.15) is 0 Å². The number of benzene rings is 1. The number of fused-ring (bicyclic) bond motifs is 6. The lowest BCUT2D eigenvalue weighted by Gasteiger charge is -2.61. The molecule has 1 aromatic heterocycles. The number of amides is 1. The van der Waals surface area contributed by atoms with Crippen molar-refractivity contribution in [2.75, 3.05) is 7.05 Å². The minimum atomic E-state index is -0.210. The van der Waals surface area contributed by atoms with Gasteiger partial charge in [0.05, 0.1) is 11.0 Å². The fourth-order valence-electron chi connectivity index (χ4n) is 8.96. The largest absolute Gasteiger partial charge is 0.342 e. The standard InChI is InChI=1S/C27H36FN3O/c1-26-12-10-20-18(6-9-23-27(20,2)13-11-25(32)31(23)3)19(26)7-4-16(26)14-24-29-21-8-5-17(28)15-22(21)30-24/h5,8,15-16,18-20,23H,4,6-7,9-14H2,1-3H3,(H,29,30)/t16-,18?,19?,20?,23?,26?,27?/m1/s1. The number of carbonyl (C=O) groups excluding carboxylic acids is 1. The molecular formula is C27H36FN3O. The summed E-state index contributed by atoms with van der Waals surface area (Å²) < 4.78 is 13.6. The number of nitrogens with zero attached hydrogens (tertiary/aromatic N) is 2. The van der Waals surface area contributed by atoms with Crippen LogP contribution in [0.3, 0.4) is 0 Å². The summed E-state index contributed by atoms with van der Waals surface area (Å²) in [7, 11) is 2.04. The first-order valence-corrected chi connectivity index (χ1v) is 12.7. The maximum absolute atomic E-state index is 13.6. The average Bonchev–Trinajstić information content (AvgIpc) is 3.31. The lowest BCUT2D eigenvalue weighted by Crippen LogP contribution is -2.61. The molecule has 1 amide bonds. The number of imidazole rings is 1. The zero-order valence-electron chi connectivity index (χ0n) is 19.7. The topological polar surface area (TPSA) is 49.0 Å². The normalized spacial score (nSPS) is 41.4. The average molecular weight is 438 g/mol. The molecule has 3 saturated carbocycles. The van der Waals surface area contributed by atoms with Crippen molar-refractivity contribution in [3.8, 4) is 0 Å². The molecule has 6 rings (SSSR count). The predicted octanol–water partition coefficient (Wildman–Crippen LogP) is 5.72. The van der Waals surface area contributed by atoms with E-state index in [-0.39, 0.29) is 11.2 Å². The lowest BCUT2D eigenvalue weighted by atomic mass is 9.46. The Bertz CT molecular complexity index is 1060. The number of rotatable bonds is 2. The number of carbonyl (C=O) groups is 1. The van der Waals surface area contributed by atoms with Crippen LogP contribution in [-0.4, -0.2) is 33.9 Å². The highest BCUT2D eigenvalue weighted by Crippen LogP contribution is 2.66. The summed E-state index contributed by atoms with van der Waals surface area (Å²) in [5.41, 5.74) is 2.33. The predicted molar refractivity (Wildman–Crippen MR) is 123 cm³/mol. The SMILES string of the molecule is CN1C(=O)CCC2(C)C3CCC4(C)C(CC[C@@H]4Cc4nc5ccc(F)cc5[nH]4)C3CCC12. The van der Waals surface area contributed by atoms with Gasteiger partial charge in [0.2, 0.25) is 5.91 Å². The number of aromatic nitrogens is 2. The van der Waals surface area contributed by atoms with Crippen LogP contribution in [0.15, 0.2) is 18.2 Å². The third-order valence-corrected chi connectivity index (χ3v) is 10.7. The molecule has 5 heteroatoms. The molecule has 172 valence electrons.